The van der Waals surface area contributed by atoms with Gasteiger partial charge < -0.3 is 4.74 Å². The molecule has 4 aromatic rings. The Balaban J connectivity index is 1.53. The van der Waals surface area contributed by atoms with Gasteiger partial charge in [-0.1, -0.05) is 24.3 Å². The number of carbonyl (C=O) groups is 1. The number of ether oxygens (including phenoxy) is 1. The summed E-state index contributed by atoms with van der Waals surface area (Å²) in [7, 11) is 0. The van der Waals surface area contributed by atoms with Crippen LogP contribution in [0.15, 0.2) is 65.8 Å². The molecule has 0 saturated carbocycles. The van der Waals surface area contributed by atoms with E-state index in [1.54, 1.807) is 25.1 Å². The third kappa shape index (κ3) is 3.50. The van der Waals surface area contributed by atoms with E-state index < -0.39 is 12.1 Å². The van der Waals surface area contributed by atoms with E-state index in [1.165, 1.54) is 21.8 Å². The highest BCUT2D eigenvalue weighted by atomic mass is 16.5. The molecule has 0 aliphatic heterocycles. The number of hydrogen-bond acceptors (Lipinski definition) is 7. The first-order valence-electron chi connectivity index (χ1n) is 8.59. The molecule has 140 valence electrons. The Morgan fingerprint density at radius 1 is 1.18 bits per heavy atom. The molecule has 4 rings (SSSR count). The summed E-state index contributed by atoms with van der Waals surface area (Å²) < 4.78 is 8.41. The fourth-order valence-electron chi connectivity index (χ4n) is 2.91. The molecular weight excluding hydrogens is 360 g/mol. The number of benzene rings is 2. The van der Waals surface area contributed by atoms with Crippen molar-refractivity contribution in [1.29, 1.82) is 0 Å². The van der Waals surface area contributed by atoms with E-state index in [-0.39, 0.29) is 12.1 Å². The van der Waals surface area contributed by atoms with Gasteiger partial charge in [0.2, 0.25) is 0 Å². The van der Waals surface area contributed by atoms with Crippen molar-refractivity contribution < 1.29 is 9.53 Å². The zero-order valence-corrected chi connectivity index (χ0v) is 15.0. The molecule has 9 nitrogen and oxygen atoms in total. The van der Waals surface area contributed by atoms with Crippen molar-refractivity contribution in [2.75, 3.05) is 0 Å². The number of carbonyl (C=O) groups excluding carboxylic acids is 1. The molecule has 0 saturated heterocycles. The summed E-state index contributed by atoms with van der Waals surface area (Å²) in [6.45, 7) is 1.57. The predicted molar refractivity (Wildman–Crippen MR) is 99.7 cm³/mol. The minimum atomic E-state index is -0.515. The average Bonchev–Trinajstić information content (AvgIpc) is 3.25. The van der Waals surface area contributed by atoms with Crippen molar-refractivity contribution in [3.63, 3.8) is 0 Å². The van der Waals surface area contributed by atoms with Crippen molar-refractivity contribution >= 4 is 17.0 Å². The highest BCUT2D eigenvalue weighted by Crippen LogP contribution is 2.20. The number of hydrogen-bond donors (Lipinski definition) is 0. The van der Waals surface area contributed by atoms with Gasteiger partial charge in [0.15, 0.2) is 0 Å². The molecule has 0 bridgehead atoms. The van der Waals surface area contributed by atoms with Crippen molar-refractivity contribution in [2.45, 2.75) is 19.6 Å². The quantitative estimate of drug-likeness (QED) is 0.488. The molecule has 0 amide bonds. The Morgan fingerprint density at radius 2 is 2.04 bits per heavy atom. The van der Waals surface area contributed by atoms with E-state index in [2.05, 4.69) is 20.5 Å². The molecule has 1 unspecified atom stereocenters. The Morgan fingerprint density at radius 3 is 2.86 bits per heavy atom. The van der Waals surface area contributed by atoms with Gasteiger partial charge in [-0.25, -0.2) is 9.67 Å². The van der Waals surface area contributed by atoms with Gasteiger partial charge in [0, 0.05) is 0 Å². The minimum Gasteiger partial charge on any atom is -0.456 e. The average molecular weight is 376 g/mol. The van der Waals surface area contributed by atoms with Crippen molar-refractivity contribution in [3.05, 3.63) is 77.0 Å². The van der Waals surface area contributed by atoms with Crippen LogP contribution in [0.25, 0.3) is 16.7 Å². The van der Waals surface area contributed by atoms with E-state index in [4.69, 9.17) is 4.74 Å². The van der Waals surface area contributed by atoms with Crippen LogP contribution >= 0.6 is 0 Å². The molecule has 0 fully saturated rings. The van der Waals surface area contributed by atoms with Gasteiger partial charge >= 0.3 is 5.97 Å². The first-order valence-corrected chi connectivity index (χ1v) is 8.59. The van der Waals surface area contributed by atoms with Crippen LogP contribution in [0.5, 0.6) is 0 Å². The summed E-state index contributed by atoms with van der Waals surface area (Å²) in [5.41, 5.74) is 2.40. The summed E-state index contributed by atoms with van der Waals surface area (Å²) in [5, 5.41) is 11.1. The molecule has 1 atom stereocenters. The largest absolute Gasteiger partial charge is 0.456 e. The van der Waals surface area contributed by atoms with Crippen LogP contribution in [-0.4, -0.2) is 35.7 Å². The first kappa shape index (κ1) is 17.5. The van der Waals surface area contributed by atoms with Crippen LogP contribution in [0.1, 0.15) is 18.6 Å². The monoisotopic (exact) mass is 376 g/mol. The summed E-state index contributed by atoms with van der Waals surface area (Å²) in [6.07, 6.45) is 2.18. The highest BCUT2D eigenvalue weighted by Gasteiger charge is 2.15. The number of aromatic nitrogens is 6. The number of tetrazole rings is 1. The Labute approximate surface area is 159 Å². The number of nitrogens with zero attached hydrogens (tertiary/aromatic N) is 6. The second-order valence-electron chi connectivity index (χ2n) is 6.15. The SMILES string of the molecule is CC(OC(=O)Cn1c(=O)cnc2ccccc21)c1cccc(-n2cnnn2)c1. The van der Waals surface area contributed by atoms with Crippen LogP contribution in [0.2, 0.25) is 0 Å². The Bertz CT molecular complexity index is 1190. The van der Waals surface area contributed by atoms with Gasteiger partial charge in [0.1, 0.15) is 19.0 Å². The second kappa shape index (κ2) is 7.39. The minimum absolute atomic E-state index is 0.196. The second-order valence-corrected chi connectivity index (χ2v) is 6.15. The first-order chi connectivity index (χ1) is 13.6. The van der Waals surface area contributed by atoms with E-state index in [9.17, 15) is 9.59 Å². The van der Waals surface area contributed by atoms with Crippen LogP contribution in [0, 0.1) is 0 Å². The number of para-hydroxylation sites is 2. The lowest BCUT2D eigenvalue weighted by atomic mass is 10.1. The molecule has 28 heavy (non-hydrogen) atoms. The van der Waals surface area contributed by atoms with Crippen LogP contribution in [0.4, 0.5) is 0 Å². The Kier molecular flexibility index (Phi) is 4.63. The lowest BCUT2D eigenvalue weighted by Crippen LogP contribution is -2.26. The fraction of sp³-hybridized carbons (Fsp3) is 0.158. The fourth-order valence-corrected chi connectivity index (χ4v) is 2.91. The Hall–Kier alpha value is -3.88. The zero-order chi connectivity index (χ0) is 19.5. The summed E-state index contributed by atoms with van der Waals surface area (Å²) in [5.74, 6) is -0.515. The topological polar surface area (TPSA) is 105 Å². The molecule has 0 aliphatic carbocycles. The maximum atomic E-state index is 12.5. The highest BCUT2D eigenvalue weighted by molar-refractivity contribution is 5.77. The van der Waals surface area contributed by atoms with Gasteiger partial charge in [-0.05, 0) is 47.2 Å². The zero-order valence-electron chi connectivity index (χ0n) is 15.0. The summed E-state index contributed by atoms with van der Waals surface area (Å²) in [6, 6.07) is 14.5. The third-order valence-corrected chi connectivity index (χ3v) is 4.30. The lowest BCUT2D eigenvalue weighted by molar-refractivity contribution is -0.149. The molecule has 2 aromatic heterocycles. The van der Waals surface area contributed by atoms with E-state index in [1.807, 2.05) is 30.3 Å². The maximum absolute atomic E-state index is 12.5. The molecular formula is C19H16N6O3. The number of esters is 1. The van der Waals surface area contributed by atoms with Gasteiger partial charge in [-0.15, -0.1) is 5.10 Å². The van der Waals surface area contributed by atoms with Crippen LogP contribution < -0.4 is 5.56 Å². The smallest absolute Gasteiger partial charge is 0.326 e. The molecule has 0 aliphatic rings. The predicted octanol–water partition coefficient (Wildman–Crippen LogP) is 1.68. The summed E-state index contributed by atoms with van der Waals surface area (Å²) >= 11 is 0. The molecule has 9 heteroatoms. The van der Waals surface area contributed by atoms with Gasteiger partial charge in [0.05, 0.1) is 22.9 Å². The van der Waals surface area contributed by atoms with Gasteiger partial charge in [0.25, 0.3) is 5.56 Å². The molecule has 2 heterocycles. The van der Waals surface area contributed by atoms with E-state index in [0.29, 0.717) is 11.0 Å². The third-order valence-electron chi connectivity index (χ3n) is 4.30. The number of rotatable bonds is 5. The normalized spacial score (nSPS) is 12.0. The van der Waals surface area contributed by atoms with E-state index >= 15 is 0 Å². The summed E-state index contributed by atoms with van der Waals surface area (Å²) in [4.78, 5) is 28.7. The van der Waals surface area contributed by atoms with Crippen molar-refractivity contribution in [2.24, 2.45) is 0 Å². The number of fused-ring (bicyclic) bond motifs is 1. The van der Waals surface area contributed by atoms with Crippen LogP contribution in [-0.2, 0) is 16.1 Å². The standard InChI is InChI=1S/C19H16N6O3/c1-13(14-5-4-6-15(9-14)25-12-21-22-23-25)28-19(27)11-24-17-8-3-2-7-16(17)20-10-18(24)26/h2-10,12-13H,11H2,1H3. The van der Waals surface area contributed by atoms with Gasteiger partial charge in [-0.2, -0.15) is 0 Å². The van der Waals surface area contributed by atoms with Crippen molar-refractivity contribution in [3.8, 4) is 5.69 Å². The van der Waals surface area contributed by atoms with E-state index in [0.717, 1.165) is 11.3 Å². The van der Waals surface area contributed by atoms with Crippen molar-refractivity contribution in [1.82, 2.24) is 29.8 Å². The molecule has 0 spiro atoms. The molecule has 2 aromatic carbocycles. The van der Waals surface area contributed by atoms with Crippen LogP contribution in [0.3, 0.4) is 0 Å². The molecule has 0 radical (unpaired) electrons. The van der Waals surface area contributed by atoms with Gasteiger partial charge in [-0.3, -0.25) is 14.2 Å². The maximum Gasteiger partial charge on any atom is 0.326 e. The lowest BCUT2D eigenvalue weighted by Gasteiger charge is -2.15. The molecule has 0 N–H and O–H groups in total.